The van der Waals surface area contributed by atoms with Crippen LogP contribution in [0.5, 0.6) is 0 Å². The second-order valence-corrected chi connectivity index (χ2v) is 3.91. The largest absolute Gasteiger partial charge is 0.300 e. The monoisotopic (exact) mass is 209 g/mol. The zero-order chi connectivity index (χ0) is 11.4. The molecule has 1 N–H and O–H groups in total. The van der Waals surface area contributed by atoms with Crippen LogP contribution in [0, 0.1) is 12.3 Å². The van der Waals surface area contributed by atoms with Gasteiger partial charge in [-0.1, -0.05) is 48.4 Å². The predicted molar refractivity (Wildman–Crippen MR) is 69.1 cm³/mol. The van der Waals surface area contributed by atoms with Gasteiger partial charge in [0, 0.05) is 6.54 Å². The summed E-state index contributed by atoms with van der Waals surface area (Å²) in [6, 6.07) is 14.9. The predicted octanol–water partition coefficient (Wildman–Crippen LogP) is 2.95. The van der Waals surface area contributed by atoms with Crippen LogP contribution in [0.1, 0.15) is 12.5 Å². The number of rotatable bonds is 3. The van der Waals surface area contributed by atoms with Crippen LogP contribution in [-0.2, 0) is 6.54 Å². The van der Waals surface area contributed by atoms with Crippen LogP contribution in [0.2, 0.25) is 0 Å². The Balaban J connectivity index is 2.28. The minimum atomic E-state index is 0.110. The van der Waals surface area contributed by atoms with Crippen LogP contribution < -0.4 is 5.32 Å². The summed E-state index contributed by atoms with van der Waals surface area (Å²) in [6.45, 7) is 2.80. The lowest BCUT2D eigenvalue weighted by Crippen LogP contribution is -2.23. The Hall–Kier alpha value is -1.78. The van der Waals surface area contributed by atoms with Crippen molar-refractivity contribution >= 4 is 10.8 Å². The van der Waals surface area contributed by atoms with E-state index in [2.05, 4.69) is 53.7 Å². The highest BCUT2D eigenvalue weighted by Gasteiger charge is 2.01. The smallest absolute Gasteiger partial charge is 0.0660 e. The molecule has 0 aliphatic heterocycles. The van der Waals surface area contributed by atoms with Crippen molar-refractivity contribution in [2.75, 3.05) is 0 Å². The van der Waals surface area contributed by atoms with E-state index in [-0.39, 0.29) is 6.04 Å². The van der Waals surface area contributed by atoms with E-state index in [1.165, 1.54) is 16.3 Å². The lowest BCUT2D eigenvalue weighted by Gasteiger charge is -2.10. The van der Waals surface area contributed by atoms with E-state index in [0.717, 1.165) is 6.54 Å². The van der Waals surface area contributed by atoms with Crippen molar-refractivity contribution in [2.24, 2.45) is 0 Å². The third kappa shape index (κ3) is 2.24. The SMILES string of the molecule is C#CC(C)NCc1cccc2ccccc12. The zero-order valence-corrected chi connectivity index (χ0v) is 9.40. The van der Waals surface area contributed by atoms with Crippen molar-refractivity contribution in [3.05, 3.63) is 48.0 Å². The second-order valence-electron chi connectivity index (χ2n) is 3.91. The maximum atomic E-state index is 5.34. The van der Waals surface area contributed by atoms with Gasteiger partial charge in [0.25, 0.3) is 0 Å². The average molecular weight is 209 g/mol. The van der Waals surface area contributed by atoms with Gasteiger partial charge in [0.05, 0.1) is 6.04 Å². The van der Waals surface area contributed by atoms with E-state index in [1.807, 2.05) is 6.92 Å². The maximum absolute atomic E-state index is 5.34. The van der Waals surface area contributed by atoms with Gasteiger partial charge in [-0.25, -0.2) is 0 Å². The number of fused-ring (bicyclic) bond motifs is 1. The van der Waals surface area contributed by atoms with Crippen molar-refractivity contribution in [1.82, 2.24) is 5.32 Å². The first-order valence-electron chi connectivity index (χ1n) is 5.47. The molecule has 16 heavy (non-hydrogen) atoms. The van der Waals surface area contributed by atoms with Crippen LogP contribution in [0.3, 0.4) is 0 Å². The average Bonchev–Trinajstić information content (AvgIpc) is 2.35. The van der Waals surface area contributed by atoms with Crippen molar-refractivity contribution in [1.29, 1.82) is 0 Å². The maximum Gasteiger partial charge on any atom is 0.0660 e. The van der Waals surface area contributed by atoms with Gasteiger partial charge in [-0.15, -0.1) is 6.42 Å². The Morgan fingerprint density at radius 3 is 2.75 bits per heavy atom. The van der Waals surface area contributed by atoms with Crippen molar-refractivity contribution in [3.8, 4) is 12.3 Å². The summed E-state index contributed by atoms with van der Waals surface area (Å²) < 4.78 is 0. The molecule has 1 nitrogen and oxygen atoms in total. The zero-order valence-electron chi connectivity index (χ0n) is 9.40. The molecule has 0 saturated carbocycles. The Bertz CT molecular complexity index is 517. The first-order valence-corrected chi connectivity index (χ1v) is 5.47. The fourth-order valence-corrected chi connectivity index (χ4v) is 1.77. The molecule has 2 aromatic rings. The van der Waals surface area contributed by atoms with Crippen LogP contribution in [0.25, 0.3) is 10.8 Å². The molecule has 0 radical (unpaired) electrons. The molecule has 0 aromatic heterocycles. The molecule has 0 aliphatic carbocycles. The van der Waals surface area contributed by atoms with Crippen LogP contribution in [0.4, 0.5) is 0 Å². The highest BCUT2D eigenvalue weighted by atomic mass is 14.9. The summed E-state index contributed by atoms with van der Waals surface area (Å²) in [7, 11) is 0. The Morgan fingerprint density at radius 1 is 1.19 bits per heavy atom. The van der Waals surface area contributed by atoms with E-state index in [4.69, 9.17) is 6.42 Å². The summed E-state index contributed by atoms with van der Waals surface area (Å²) in [5.41, 5.74) is 1.29. The number of hydrogen-bond acceptors (Lipinski definition) is 1. The van der Waals surface area contributed by atoms with E-state index in [9.17, 15) is 0 Å². The molecule has 0 aliphatic rings. The van der Waals surface area contributed by atoms with Gasteiger partial charge in [0.15, 0.2) is 0 Å². The molecule has 2 aromatic carbocycles. The Labute approximate surface area is 96.5 Å². The van der Waals surface area contributed by atoms with Crippen LogP contribution >= 0.6 is 0 Å². The van der Waals surface area contributed by atoms with E-state index >= 15 is 0 Å². The molecule has 1 heteroatoms. The van der Waals surface area contributed by atoms with Gasteiger partial charge in [0.2, 0.25) is 0 Å². The number of hydrogen-bond donors (Lipinski definition) is 1. The molecule has 0 bridgehead atoms. The molecular formula is C15H15N. The van der Waals surface area contributed by atoms with Gasteiger partial charge < -0.3 is 0 Å². The van der Waals surface area contributed by atoms with Crippen molar-refractivity contribution in [3.63, 3.8) is 0 Å². The van der Waals surface area contributed by atoms with Gasteiger partial charge in [-0.3, -0.25) is 5.32 Å². The Kier molecular flexibility index (Phi) is 3.24. The summed E-state index contributed by atoms with van der Waals surface area (Å²) in [5, 5.41) is 5.87. The molecular weight excluding hydrogens is 194 g/mol. The minimum absolute atomic E-state index is 0.110. The molecule has 1 atom stereocenters. The minimum Gasteiger partial charge on any atom is -0.300 e. The third-order valence-corrected chi connectivity index (χ3v) is 2.73. The summed E-state index contributed by atoms with van der Waals surface area (Å²) >= 11 is 0. The van der Waals surface area contributed by atoms with Crippen LogP contribution in [-0.4, -0.2) is 6.04 Å². The highest BCUT2D eigenvalue weighted by molar-refractivity contribution is 5.85. The highest BCUT2D eigenvalue weighted by Crippen LogP contribution is 2.18. The molecule has 0 spiro atoms. The normalized spacial score (nSPS) is 12.2. The second kappa shape index (κ2) is 4.83. The molecule has 0 amide bonds. The van der Waals surface area contributed by atoms with Crippen molar-refractivity contribution < 1.29 is 0 Å². The summed E-state index contributed by atoms with van der Waals surface area (Å²) in [5.74, 6) is 2.67. The van der Waals surface area contributed by atoms with Gasteiger partial charge >= 0.3 is 0 Å². The molecule has 2 rings (SSSR count). The fraction of sp³-hybridized carbons (Fsp3) is 0.200. The molecule has 0 fully saturated rings. The molecule has 0 saturated heterocycles. The van der Waals surface area contributed by atoms with Crippen molar-refractivity contribution in [2.45, 2.75) is 19.5 Å². The Morgan fingerprint density at radius 2 is 1.94 bits per heavy atom. The first-order chi connectivity index (χ1) is 7.81. The van der Waals surface area contributed by atoms with Gasteiger partial charge in [0.1, 0.15) is 0 Å². The van der Waals surface area contributed by atoms with E-state index < -0.39 is 0 Å². The number of nitrogens with one attached hydrogen (secondary N) is 1. The van der Waals surface area contributed by atoms with Crippen LogP contribution in [0.15, 0.2) is 42.5 Å². The first kappa shape index (κ1) is 10.7. The van der Waals surface area contributed by atoms with Gasteiger partial charge in [-0.2, -0.15) is 0 Å². The summed E-state index contributed by atoms with van der Waals surface area (Å²) in [6.07, 6.45) is 5.34. The topological polar surface area (TPSA) is 12.0 Å². The lowest BCUT2D eigenvalue weighted by molar-refractivity contribution is 0.650. The van der Waals surface area contributed by atoms with E-state index in [1.54, 1.807) is 0 Å². The quantitative estimate of drug-likeness (QED) is 0.766. The molecule has 0 heterocycles. The standard InChI is InChI=1S/C15H15N/c1-3-12(2)16-11-14-9-6-8-13-7-4-5-10-15(13)14/h1,4-10,12,16H,11H2,2H3. The fourth-order valence-electron chi connectivity index (χ4n) is 1.77. The van der Waals surface area contributed by atoms with E-state index in [0.29, 0.717) is 0 Å². The number of benzene rings is 2. The lowest BCUT2D eigenvalue weighted by atomic mass is 10.0. The molecule has 80 valence electrons. The summed E-state index contributed by atoms with van der Waals surface area (Å²) in [4.78, 5) is 0. The van der Waals surface area contributed by atoms with Gasteiger partial charge in [-0.05, 0) is 23.3 Å². The number of terminal acetylenes is 1. The third-order valence-electron chi connectivity index (χ3n) is 2.73. The molecule has 1 unspecified atom stereocenters.